The third-order valence-corrected chi connectivity index (χ3v) is 5.76. The number of benzene rings is 1. The second-order valence-corrected chi connectivity index (χ2v) is 7.17. The van der Waals surface area contributed by atoms with E-state index in [4.69, 9.17) is 4.74 Å². The molecular weight excluding hydrogens is 316 g/mol. The molecule has 0 spiro atoms. The zero-order valence-electron chi connectivity index (χ0n) is 15.0. The summed E-state index contributed by atoms with van der Waals surface area (Å²) in [5.74, 6) is 1.44. The minimum atomic E-state index is -0.308. The van der Waals surface area contributed by atoms with Gasteiger partial charge in [0.25, 0.3) is 0 Å². The highest BCUT2D eigenvalue weighted by Crippen LogP contribution is 2.27. The van der Waals surface area contributed by atoms with Gasteiger partial charge < -0.3 is 19.5 Å². The van der Waals surface area contributed by atoms with Crippen molar-refractivity contribution in [2.45, 2.75) is 32.4 Å². The lowest BCUT2D eigenvalue weighted by atomic mass is 9.84. The highest BCUT2D eigenvalue weighted by molar-refractivity contribution is 6.02. The number of nitrogens with zero attached hydrogens (tertiary/aromatic N) is 3. The van der Waals surface area contributed by atoms with E-state index in [0.29, 0.717) is 11.6 Å². The number of carbonyl (C=O) groups excluding carboxylic acids is 1. The van der Waals surface area contributed by atoms with Gasteiger partial charge in [-0.05, 0) is 50.9 Å². The number of aromatic nitrogens is 2. The summed E-state index contributed by atoms with van der Waals surface area (Å²) in [7, 11) is 1.42. The second-order valence-electron chi connectivity index (χ2n) is 7.17. The van der Waals surface area contributed by atoms with Crippen LogP contribution in [0.25, 0.3) is 11.0 Å². The molecule has 25 heavy (non-hydrogen) atoms. The molecule has 134 valence electrons. The first kappa shape index (κ1) is 16.5. The first-order valence-electron chi connectivity index (χ1n) is 9.17. The molecule has 0 radical (unpaired) electrons. The zero-order chi connectivity index (χ0) is 17.4. The molecular formula is C19H26N4O2. The Morgan fingerprint density at radius 3 is 2.84 bits per heavy atom. The van der Waals surface area contributed by atoms with Crippen LogP contribution >= 0.6 is 0 Å². The van der Waals surface area contributed by atoms with Crippen molar-refractivity contribution < 1.29 is 9.53 Å². The standard InChI is InChI=1S/C19H26N4O2/c1-13-21-16-5-3-4-15(19(24)25-2)18(16)23(13)11-8-20-17-12-22-9-6-14(17)7-10-22/h3-5,14,17,20H,6-12H2,1-2H3. The average Bonchev–Trinajstić information content (AvgIpc) is 2.97. The van der Waals surface area contributed by atoms with Crippen molar-refractivity contribution in [3.63, 3.8) is 0 Å². The van der Waals surface area contributed by atoms with Gasteiger partial charge in [0.2, 0.25) is 0 Å². The molecule has 3 fully saturated rings. The normalized spacial score (nSPS) is 25.4. The fraction of sp³-hybridized carbons (Fsp3) is 0.579. The quantitative estimate of drug-likeness (QED) is 0.840. The number of rotatable bonds is 5. The van der Waals surface area contributed by atoms with Gasteiger partial charge in [0.05, 0.1) is 23.7 Å². The van der Waals surface area contributed by atoms with Crippen molar-refractivity contribution >= 4 is 17.0 Å². The first-order chi connectivity index (χ1) is 12.2. The molecule has 0 aliphatic carbocycles. The minimum Gasteiger partial charge on any atom is -0.465 e. The van der Waals surface area contributed by atoms with Crippen molar-refractivity contribution in [3.05, 3.63) is 29.6 Å². The Labute approximate surface area is 148 Å². The molecule has 4 heterocycles. The van der Waals surface area contributed by atoms with Gasteiger partial charge in [0.15, 0.2) is 0 Å². The summed E-state index contributed by atoms with van der Waals surface area (Å²) < 4.78 is 7.08. The number of ether oxygens (including phenoxy) is 1. The van der Waals surface area contributed by atoms with E-state index in [1.54, 1.807) is 0 Å². The Morgan fingerprint density at radius 2 is 2.16 bits per heavy atom. The Hall–Kier alpha value is -1.92. The van der Waals surface area contributed by atoms with E-state index in [2.05, 4.69) is 19.8 Å². The zero-order valence-corrected chi connectivity index (χ0v) is 15.0. The van der Waals surface area contributed by atoms with Gasteiger partial charge in [-0.15, -0.1) is 0 Å². The van der Waals surface area contributed by atoms with Crippen LogP contribution in [-0.4, -0.2) is 59.8 Å². The predicted molar refractivity (Wildman–Crippen MR) is 96.8 cm³/mol. The number of esters is 1. The number of hydrogen-bond donors (Lipinski definition) is 1. The number of fused-ring (bicyclic) bond motifs is 4. The van der Waals surface area contributed by atoms with Crippen LogP contribution in [0.4, 0.5) is 0 Å². The van der Waals surface area contributed by atoms with Gasteiger partial charge in [-0.25, -0.2) is 9.78 Å². The lowest BCUT2D eigenvalue weighted by molar-refractivity contribution is 0.0602. The second kappa shape index (κ2) is 6.77. The smallest absolute Gasteiger partial charge is 0.340 e. The maximum Gasteiger partial charge on any atom is 0.340 e. The lowest BCUT2D eigenvalue weighted by Gasteiger charge is -2.45. The molecule has 1 N–H and O–H groups in total. The molecule has 1 aromatic carbocycles. The SMILES string of the molecule is COC(=O)c1cccc2nc(C)n(CCNC3CN4CCC3CC4)c12. The fourth-order valence-electron chi connectivity index (χ4n) is 4.41. The number of para-hydroxylation sites is 1. The molecule has 2 bridgehead atoms. The summed E-state index contributed by atoms with van der Waals surface area (Å²) in [6, 6.07) is 6.22. The molecule has 6 nitrogen and oxygen atoms in total. The minimum absolute atomic E-state index is 0.308. The van der Waals surface area contributed by atoms with E-state index in [-0.39, 0.29) is 5.97 Å². The lowest BCUT2D eigenvalue weighted by Crippen LogP contribution is -2.56. The molecule has 1 aromatic heterocycles. The van der Waals surface area contributed by atoms with Crippen molar-refractivity contribution in [1.82, 2.24) is 19.8 Å². The van der Waals surface area contributed by atoms with Crippen LogP contribution in [0.15, 0.2) is 18.2 Å². The van der Waals surface area contributed by atoms with Crippen molar-refractivity contribution in [1.29, 1.82) is 0 Å². The fourth-order valence-corrected chi connectivity index (χ4v) is 4.41. The van der Waals surface area contributed by atoms with E-state index in [1.807, 2.05) is 25.1 Å². The van der Waals surface area contributed by atoms with Crippen LogP contribution in [0.2, 0.25) is 0 Å². The number of aryl methyl sites for hydroxylation is 1. The number of piperidine rings is 3. The molecule has 6 heteroatoms. The summed E-state index contributed by atoms with van der Waals surface area (Å²) in [6.07, 6.45) is 2.63. The molecule has 0 amide bonds. The molecule has 3 saturated heterocycles. The van der Waals surface area contributed by atoms with Crippen molar-refractivity contribution in [2.24, 2.45) is 5.92 Å². The van der Waals surface area contributed by atoms with Gasteiger partial charge >= 0.3 is 5.97 Å². The summed E-state index contributed by atoms with van der Waals surface area (Å²) in [5, 5.41) is 3.74. The topological polar surface area (TPSA) is 59.4 Å². The first-order valence-corrected chi connectivity index (χ1v) is 9.17. The summed E-state index contributed by atoms with van der Waals surface area (Å²) in [5.41, 5.74) is 2.31. The summed E-state index contributed by atoms with van der Waals surface area (Å²) >= 11 is 0. The van der Waals surface area contributed by atoms with Gasteiger partial charge in [-0.3, -0.25) is 0 Å². The largest absolute Gasteiger partial charge is 0.465 e. The van der Waals surface area contributed by atoms with Gasteiger partial charge in [-0.1, -0.05) is 6.07 Å². The third-order valence-electron chi connectivity index (χ3n) is 5.76. The molecule has 1 atom stereocenters. The average molecular weight is 342 g/mol. The number of methoxy groups -OCH3 is 1. The number of imidazole rings is 1. The maximum absolute atomic E-state index is 12.1. The van der Waals surface area contributed by atoms with E-state index in [1.165, 1.54) is 39.6 Å². The summed E-state index contributed by atoms with van der Waals surface area (Å²) in [6.45, 7) is 7.38. The molecule has 3 aliphatic rings. The molecule has 5 rings (SSSR count). The number of carbonyl (C=O) groups is 1. The maximum atomic E-state index is 12.1. The van der Waals surface area contributed by atoms with Crippen molar-refractivity contribution in [3.8, 4) is 0 Å². The molecule has 3 aliphatic heterocycles. The Bertz CT molecular complexity index is 777. The summed E-state index contributed by atoms with van der Waals surface area (Å²) in [4.78, 5) is 19.3. The van der Waals surface area contributed by atoms with Crippen LogP contribution in [0.5, 0.6) is 0 Å². The van der Waals surface area contributed by atoms with Crippen LogP contribution < -0.4 is 5.32 Å². The number of hydrogen-bond acceptors (Lipinski definition) is 5. The van der Waals surface area contributed by atoms with Gasteiger partial charge in [0, 0.05) is 25.7 Å². The Kier molecular flexibility index (Phi) is 4.48. The molecule has 0 saturated carbocycles. The predicted octanol–water partition coefficient (Wildman–Crippen LogP) is 1.82. The van der Waals surface area contributed by atoms with E-state index >= 15 is 0 Å². The van der Waals surface area contributed by atoms with Crippen LogP contribution in [0, 0.1) is 12.8 Å². The van der Waals surface area contributed by atoms with E-state index in [0.717, 1.165) is 35.9 Å². The van der Waals surface area contributed by atoms with E-state index < -0.39 is 0 Å². The van der Waals surface area contributed by atoms with Crippen molar-refractivity contribution in [2.75, 3.05) is 33.3 Å². The van der Waals surface area contributed by atoms with Gasteiger partial charge in [0.1, 0.15) is 5.82 Å². The third kappa shape index (κ3) is 3.04. The van der Waals surface area contributed by atoms with Crippen LogP contribution in [0.3, 0.4) is 0 Å². The monoisotopic (exact) mass is 342 g/mol. The Morgan fingerprint density at radius 1 is 1.36 bits per heavy atom. The van der Waals surface area contributed by atoms with Crippen LogP contribution in [-0.2, 0) is 11.3 Å². The highest BCUT2D eigenvalue weighted by Gasteiger charge is 2.33. The molecule has 2 aromatic rings. The molecule has 1 unspecified atom stereocenters. The number of nitrogens with one attached hydrogen (secondary N) is 1. The van der Waals surface area contributed by atoms with Crippen LogP contribution in [0.1, 0.15) is 29.0 Å². The highest BCUT2D eigenvalue weighted by atomic mass is 16.5. The van der Waals surface area contributed by atoms with Gasteiger partial charge in [-0.2, -0.15) is 0 Å². The van der Waals surface area contributed by atoms with E-state index in [9.17, 15) is 4.79 Å². The Balaban J connectivity index is 1.51.